The van der Waals surface area contributed by atoms with Crippen molar-refractivity contribution in [2.75, 3.05) is 13.1 Å². The zero-order valence-electron chi connectivity index (χ0n) is 12.1. The van der Waals surface area contributed by atoms with E-state index in [1.165, 1.54) is 12.1 Å². The normalized spacial score (nSPS) is 20.1. The van der Waals surface area contributed by atoms with E-state index < -0.39 is 5.82 Å². The molecule has 1 amide bonds. The lowest BCUT2D eigenvalue weighted by atomic mass is 9.89. The number of carbonyl (C=O) groups is 1. The molecule has 0 bridgehead atoms. The lowest BCUT2D eigenvalue weighted by Crippen LogP contribution is -2.32. The van der Waals surface area contributed by atoms with E-state index in [9.17, 15) is 9.18 Å². The number of carbonyl (C=O) groups excluding carboxylic acids is 1. The lowest BCUT2D eigenvalue weighted by molar-refractivity contribution is 0.0754. The van der Waals surface area contributed by atoms with Crippen molar-refractivity contribution in [1.29, 1.82) is 0 Å². The van der Waals surface area contributed by atoms with Crippen LogP contribution in [0.15, 0.2) is 23.1 Å². The number of amides is 1. The zero-order chi connectivity index (χ0) is 14.7. The quantitative estimate of drug-likeness (QED) is 0.817. The summed E-state index contributed by atoms with van der Waals surface area (Å²) >= 11 is 4.18. The van der Waals surface area contributed by atoms with Crippen LogP contribution in [0.1, 0.15) is 43.5 Å². The molecule has 2 rings (SSSR count). The van der Waals surface area contributed by atoms with Gasteiger partial charge in [0.15, 0.2) is 0 Å². The molecular formula is C16H22FNOS. The number of rotatable bonds is 2. The summed E-state index contributed by atoms with van der Waals surface area (Å²) in [5.41, 5.74) is 0.139. The monoisotopic (exact) mass is 295 g/mol. The fourth-order valence-electron chi connectivity index (χ4n) is 2.84. The summed E-state index contributed by atoms with van der Waals surface area (Å²) in [5, 5.41) is 0. The summed E-state index contributed by atoms with van der Waals surface area (Å²) in [7, 11) is 0. The van der Waals surface area contributed by atoms with Crippen molar-refractivity contribution in [3.63, 3.8) is 0 Å². The Balaban J connectivity index is 2.11. The molecule has 110 valence electrons. The van der Waals surface area contributed by atoms with E-state index in [2.05, 4.69) is 26.5 Å². The Hall–Kier alpha value is -1.03. The molecule has 20 heavy (non-hydrogen) atoms. The van der Waals surface area contributed by atoms with E-state index in [1.54, 1.807) is 11.0 Å². The Morgan fingerprint density at radius 3 is 2.80 bits per heavy atom. The highest BCUT2D eigenvalue weighted by Crippen LogP contribution is 2.26. The third kappa shape index (κ3) is 3.54. The van der Waals surface area contributed by atoms with Crippen LogP contribution in [-0.2, 0) is 0 Å². The van der Waals surface area contributed by atoms with Crippen molar-refractivity contribution in [2.24, 2.45) is 11.8 Å². The summed E-state index contributed by atoms with van der Waals surface area (Å²) in [6.07, 6.45) is 3.15. The van der Waals surface area contributed by atoms with E-state index in [4.69, 9.17) is 0 Å². The second kappa shape index (κ2) is 6.61. The molecule has 0 N–H and O–H groups in total. The standard InChI is InChI=1S/C16H22FNOS/c1-11(2)12-4-3-8-18(9-7-12)16(19)14-10-13(20)5-6-15(14)17/h5-6,10-12,20H,3-4,7-9H2,1-2H3. The molecule has 1 aliphatic heterocycles. The number of halogens is 1. The van der Waals surface area contributed by atoms with Gasteiger partial charge in [0.05, 0.1) is 5.56 Å². The smallest absolute Gasteiger partial charge is 0.256 e. The molecule has 0 aliphatic carbocycles. The van der Waals surface area contributed by atoms with Gasteiger partial charge in [-0.2, -0.15) is 0 Å². The average molecular weight is 295 g/mol. The lowest BCUT2D eigenvalue weighted by Gasteiger charge is -2.22. The summed E-state index contributed by atoms with van der Waals surface area (Å²) in [6.45, 7) is 5.90. The van der Waals surface area contributed by atoms with Crippen molar-refractivity contribution >= 4 is 18.5 Å². The van der Waals surface area contributed by atoms with Gasteiger partial charge in [-0.15, -0.1) is 12.6 Å². The Kier molecular flexibility index (Phi) is 5.08. The Morgan fingerprint density at radius 1 is 1.35 bits per heavy atom. The third-order valence-electron chi connectivity index (χ3n) is 4.18. The molecule has 1 aromatic carbocycles. The second-order valence-electron chi connectivity index (χ2n) is 5.89. The van der Waals surface area contributed by atoms with Gasteiger partial charge < -0.3 is 4.90 Å². The van der Waals surface area contributed by atoms with Crippen LogP contribution in [0.25, 0.3) is 0 Å². The summed E-state index contributed by atoms with van der Waals surface area (Å²) in [5.74, 6) is 0.636. The van der Waals surface area contributed by atoms with Gasteiger partial charge in [0.1, 0.15) is 5.82 Å². The minimum atomic E-state index is -0.461. The van der Waals surface area contributed by atoms with Gasteiger partial charge >= 0.3 is 0 Å². The fraction of sp³-hybridized carbons (Fsp3) is 0.562. The van der Waals surface area contributed by atoms with Crippen molar-refractivity contribution in [1.82, 2.24) is 4.90 Å². The maximum Gasteiger partial charge on any atom is 0.256 e. The molecule has 0 spiro atoms. The first-order valence-electron chi connectivity index (χ1n) is 7.27. The number of hydrogen-bond donors (Lipinski definition) is 1. The predicted molar refractivity (Wildman–Crippen MR) is 81.7 cm³/mol. The molecule has 0 aromatic heterocycles. The summed E-state index contributed by atoms with van der Waals surface area (Å²) in [4.78, 5) is 14.9. The third-order valence-corrected chi connectivity index (χ3v) is 4.46. The van der Waals surface area contributed by atoms with Crippen LogP contribution in [0.4, 0.5) is 4.39 Å². The van der Waals surface area contributed by atoms with Crippen molar-refractivity contribution in [2.45, 2.75) is 38.0 Å². The summed E-state index contributed by atoms with van der Waals surface area (Å²) < 4.78 is 13.8. The van der Waals surface area contributed by atoms with E-state index in [-0.39, 0.29) is 11.5 Å². The highest BCUT2D eigenvalue weighted by atomic mass is 32.1. The van der Waals surface area contributed by atoms with Gasteiger partial charge in [-0.05, 0) is 49.3 Å². The van der Waals surface area contributed by atoms with Crippen LogP contribution in [0, 0.1) is 17.7 Å². The van der Waals surface area contributed by atoms with Gasteiger partial charge in [0.2, 0.25) is 0 Å². The molecule has 1 aromatic rings. The van der Waals surface area contributed by atoms with Crippen LogP contribution >= 0.6 is 12.6 Å². The maximum atomic E-state index is 13.8. The minimum Gasteiger partial charge on any atom is -0.339 e. The first-order valence-corrected chi connectivity index (χ1v) is 7.71. The molecule has 0 saturated carbocycles. The SMILES string of the molecule is CC(C)C1CCCN(C(=O)c2cc(S)ccc2F)CC1. The van der Waals surface area contributed by atoms with Crippen molar-refractivity contribution < 1.29 is 9.18 Å². The van der Waals surface area contributed by atoms with Crippen LogP contribution in [0.2, 0.25) is 0 Å². The number of likely N-dealkylation sites (tertiary alicyclic amines) is 1. The van der Waals surface area contributed by atoms with Crippen LogP contribution < -0.4 is 0 Å². The van der Waals surface area contributed by atoms with Gasteiger partial charge in [0, 0.05) is 18.0 Å². The molecule has 1 saturated heterocycles. The van der Waals surface area contributed by atoms with Gasteiger partial charge in [-0.3, -0.25) is 4.79 Å². The van der Waals surface area contributed by atoms with Crippen LogP contribution in [-0.4, -0.2) is 23.9 Å². The highest BCUT2D eigenvalue weighted by molar-refractivity contribution is 7.80. The largest absolute Gasteiger partial charge is 0.339 e. The molecule has 1 aliphatic rings. The second-order valence-corrected chi connectivity index (χ2v) is 6.41. The first-order chi connectivity index (χ1) is 9.49. The predicted octanol–water partition coefficient (Wildman–Crippen LogP) is 4.01. The van der Waals surface area contributed by atoms with E-state index in [0.717, 1.165) is 32.4 Å². The molecular weight excluding hydrogens is 273 g/mol. The van der Waals surface area contributed by atoms with E-state index in [1.807, 2.05) is 0 Å². The Bertz CT molecular complexity index is 489. The number of hydrogen-bond acceptors (Lipinski definition) is 2. The minimum absolute atomic E-state index is 0.139. The molecule has 1 heterocycles. The Labute approximate surface area is 125 Å². The van der Waals surface area contributed by atoms with Gasteiger partial charge in [-0.25, -0.2) is 4.39 Å². The average Bonchev–Trinajstić information content (AvgIpc) is 2.66. The topological polar surface area (TPSA) is 20.3 Å². The molecule has 1 atom stereocenters. The van der Waals surface area contributed by atoms with Crippen molar-refractivity contribution in [3.8, 4) is 0 Å². The van der Waals surface area contributed by atoms with Crippen LogP contribution in [0.3, 0.4) is 0 Å². The maximum absolute atomic E-state index is 13.8. The van der Waals surface area contributed by atoms with Gasteiger partial charge in [0.25, 0.3) is 5.91 Å². The molecule has 2 nitrogen and oxygen atoms in total. The number of benzene rings is 1. The van der Waals surface area contributed by atoms with E-state index >= 15 is 0 Å². The molecule has 1 unspecified atom stereocenters. The number of thiol groups is 1. The molecule has 1 fully saturated rings. The highest BCUT2D eigenvalue weighted by Gasteiger charge is 2.24. The van der Waals surface area contributed by atoms with Crippen molar-refractivity contribution in [3.05, 3.63) is 29.6 Å². The molecule has 4 heteroatoms. The first kappa shape index (κ1) is 15.4. The Morgan fingerprint density at radius 2 is 2.10 bits per heavy atom. The van der Waals surface area contributed by atoms with Gasteiger partial charge in [-0.1, -0.05) is 13.8 Å². The zero-order valence-corrected chi connectivity index (χ0v) is 13.0. The number of nitrogens with zero attached hydrogens (tertiary/aromatic N) is 1. The van der Waals surface area contributed by atoms with E-state index in [0.29, 0.717) is 16.7 Å². The molecule has 0 radical (unpaired) electrons. The fourth-order valence-corrected chi connectivity index (χ4v) is 3.04. The van der Waals surface area contributed by atoms with Crippen LogP contribution in [0.5, 0.6) is 0 Å². The summed E-state index contributed by atoms with van der Waals surface area (Å²) in [6, 6.07) is 4.39.